The number of halogens is 2. The second-order valence-electron chi connectivity index (χ2n) is 11.1. The molecule has 0 N–H and O–H groups in total. The fourth-order valence-electron chi connectivity index (χ4n) is 4.95. The average Bonchev–Trinajstić information content (AvgIpc) is 3.29. The summed E-state index contributed by atoms with van der Waals surface area (Å²) in [4.78, 5) is 31.3. The Morgan fingerprint density at radius 2 is 1.76 bits per heavy atom. The van der Waals surface area contributed by atoms with E-state index in [1.54, 1.807) is 54.8 Å². The Kier molecular flexibility index (Phi) is 7.97. The Morgan fingerprint density at radius 1 is 1.05 bits per heavy atom. The van der Waals surface area contributed by atoms with Gasteiger partial charge in [0.25, 0.3) is 0 Å². The van der Waals surface area contributed by atoms with Gasteiger partial charge < -0.3 is 18.9 Å². The summed E-state index contributed by atoms with van der Waals surface area (Å²) in [5, 5.41) is 0.332. The van der Waals surface area contributed by atoms with Gasteiger partial charge in [0.05, 0.1) is 30.1 Å². The number of nitrogens with zero attached hydrogens (tertiary/aromatic N) is 4. The zero-order chi connectivity index (χ0) is 30.2. The maximum atomic E-state index is 15.1. The van der Waals surface area contributed by atoms with Gasteiger partial charge in [-0.2, -0.15) is 0 Å². The molecule has 2 aromatic carbocycles. The molecular formula is C32H32ClFN4O4. The van der Waals surface area contributed by atoms with E-state index in [1.165, 1.54) is 28.4 Å². The first kappa shape index (κ1) is 29.1. The first-order valence-corrected chi connectivity index (χ1v) is 13.9. The smallest absolute Gasteiger partial charge is 0.410 e. The number of carbonyl (C=O) groups excluding carboxylic acids is 1. The predicted octanol–water partition coefficient (Wildman–Crippen LogP) is 6.73. The largest absolute Gasteiger partial charge is 0.495 e. The number of pyridine rings is 1. The highest BCUT2D eigenvalue weighted by Crippen LogP contribution is 2.41. The number of aryl methyl sites for hydroxylation is 1. The highest BCUT2D eigenvalue weighted by Gasteiger charge is 2.25. The molecular weight excluding hydrogens is 559 g/mol. The number of amides is 1. The summed E-state index contributed by atoms with van der Waals surface area (Å²) in [7, 11) is 3.19. The fraction of sp³-hybridized carbons (Fsp3) is 0.281. The predicted molar refractivity (Wildman–Crippen MR) is 162 cm³/mol. The Hall–Kier alpha value is -4.37. The van der Waals surface area contributed by atoms with Crippen LogP contribution in [0, 0.1) is 5.82 Å². The molecule has 0 atom stereocenters. The van der Waals surface area contributed by atoms with Crippen LogP contribution in [0.3, 0.4) is 0 Å². The van der Waals surface area contributed by atoms with E-state index in [4.69, 9.17) is 21.1 Å². The Labute approximate surface area is 248 Å². The van der Waals surface area contributed by atoms with Crippen molar-refractivity contribution < 1.29 is 18.7 Å². The molecule has 0 aliphatic carbocycles. The number of hydrogen-bond donors (Lipinski definition) is 0. The van der Waals surface area contributed by atoms with Crippen molar-refractivity contribution in [3.8, 4) is 33.7 Å². The lowest BCUT2D eigenvalue weighted by Crippen LogP contribution is -2.39. The van der Waals surface area contributed by atoms with Gasteiger partial charge in [0.1, 0.15) is 17.2 Å². The summed E-state index contributed by atoms with van der Waals surface area (Å²) in [6.07, 6.45) is 7.30. The number of aromatic nitrogens is 3. The second-order valence-corrected chi connectivity index (χ2v) is 11.5. The average molecular weight is 591 g/mol. The molecule has 0 radical (unpaired) electrons. The van der Waals surface area contributed by atoms with Crippen LogP contribution in [-0.4, -0.2) is 50.9 Å². The van der Waals surface area contributed by atoms with Crippen molar-refractivity contribution in [1.82, 2.24) is 19.0 Å². The van der Waals surface area contributed by atoms with Crippen molar-refractivity contribution in [2.45, 2.75) is 32.8 Å². The van der Waals surface area contributed by atoms with Gasteiger partial charge in [-0.3, -0.25) is 9.55 Å². The molecule has 218 valence electrons. The molecule has 0 saturated heterocycles. The van der Waals surface area contributed by atoms with Crippen LogP contribution in [0.25, 0.3) is 33.5 Å². The van der Waals surface area contributed by atoms with Crippen LogP contribution < -0.4 is 10.4 Å². The lowest BCUT2D eigenvalue weighted by molar-refractivity contribution is 0.0273. The molecule has 1 amide bonds. The molecule has 5 rings (SSSR count). The fourth-order valence-corrected chi connectivity index (χ4v) is 5.22. The summed E-state index contributed by atoms with van der Waals surface area (Å²) in [6.45, 7) is 6.42. The molecule has 0 spiro atoms. The van der Waals surface area contributed by atoms with Crippen molar-refractivity contribution in [2.75, 3.05) is 20.2 Å². The molecule has 0 saturated carbocycles. The van der Waals surface area contributed by atoms with Crippen molar-refractivity contribution in [3.05, 3.63) is 94.1 Å². The number of methoxy groups -OCH3 is 1. The molecule has 2 aromatic heterocycles. The Balaban J connectivity index is 1.50. The molecule has 3 heterocycles. The first-order valence-electron chi connectivity index (χ1n) is 13.5. The van der Waals surface area contributed by atoms with Crippen LogP contribution in [0.1, 0.15) is 32.9 Å². The summed E-state index contributed by atoms with van der Waals surface area (Å²) < 4.78 is 29.4. The highest BCUT2D eigenvalue weighted by atomic mass is 35.5. The molecule has 4 aromatic rings. The van der Waals surface area contributed by atoms with Gasteiger partial charge in [-0.15, -0.1) is 0 Å². The lowest BCUT2D eigenvalue weighted by Gasteiger charge is -2.30. The SMILES string of the molecule is COc1c(-c2ccnc(C3=CCCN(C(=O)OC(C)(C)C)C3)c2)cc(F)cc1-c1ccc(-n2ccn(C)c2=O)c(Cl)c1. The third-order valence-electron chi connectivity index (χ3n) is 6.93. The molecule has 0 bridgehead atoms. The Morgan fingerprint density at radius 3 is 2.38 bits per heavy atom. The number of imidazole rings is 1. The van der Waals surface area contributed by atoms with E-state index >= 15 is 4.39 Å². The zero-order valence-corrected chi connectivity index (χ0v) is 24.9. The molecule has 1 aliphatic rings. The molecule has 42 heavy (non-hydrogen) atoms. The standard InChI is InChI=1S/C32H32ClFN4O4/c1-32(2,3)42-31(40)37-12-6-7-22(19-37)27-16-21(10-11-35-27)25-18-23(34)17-24(29(25)41-5)20-8-9-28(26(33)15-20)38-14-13-36(4)30(38)39/h7-11,13-18H,6,12,19H2,1-5H3. The van der Waals surface area contributed by atoms with Crippen LogP contribution in [0.4, 0.5) is 9.18 Å². The van der Waals surface area contributed by atoms with Crippen molar-refractivity contribution in [1.29, 1.82) is 0 Å². The van der Waals surface area contributed by atoms with Gasteiger partial charge in [0.2, 0.25) is 0 Å². The van der Waals surface area contributed by atoms with E-state index in [-0.39, 0.29) is 11.8 Å². The maximum absolute atomic E-state index is 15.1. The minimum atomic E-state index is -0.591. The number of benzene rings is 2. The first-order chi connectivity index (χ1) is 19.9. The van der Waals surface area contributed by atoms with Gasteiger partial charge in [-0.1, -0.05) is 23.7 Å². The van der Waals surface area contributed by atoms with Gasteiger partial charge in [-0.05, 0) is 80.3 Å². The minimum Gasteiger partial charge on any atom is -0.495 e. The van der Waals surface area contributed by atoms with E-state index in [0.29, 0.717) is 63.9 Å². The summed E-state index contributed by atoms with van der Waals surface area (Å²) in [5.74, 6) is 0.00822. The van der Waals surface area contributed by atoms with Crippen molar-refractivity contribution >= 4 is 23.3 Å². The lowest BCUT2D eigenvalue weighted by atomic mass is 9.95. The van der Waals surface area contributed by atoms with Gasteiger partial charge in [-0.25, -0.2) is 14.0 Å². The third kappa shape index (κ3) is 5.97. The quantitative estimate of drug-likeness (QED) is 0.257. The van der Waals surface area contributed by atoms with E-state index in [1.807, 2.05) is 26.8 Å². The van der Waals surface area contributed by atoms with Crippen molar-refractivity contribution in [2.24, 2.45) is 7.05 Å². The summed E-state index contributed by atoms with van der Waals surface area (Å²) in [5.41, 5.74) is 3.62. The zero-order valence-electron chi connectivity index (χ0n) is 24.1. The molecule has 0 fully saturated rings. The monoisotopic (exact) mass is 590 g/mol. The summed E-state index contributed by atoms with van der Waals surface area (Å²) >= 11 is 6.61. The van der Waals surface area contributed by atoms with E-state index in [9.17, 15) is 9.59 Å². The van der Waals surface area contributed by atoms with Crippen LogP contribution in [0.5, 0.6) is 5.75 Å². The second kappa shape index (κ2) is 11.5. The molecule has 0 unspecified atom stereocenters. The molecule has 10 heteroatoms. The van der Waals surface area contributed by atoms with Crippen LogP contribution >= 0.6 is 11.6 Å². The molecule has 8 nitrogen and oxygen atoms in total. The third-order valence-corrected chi connectivity index (χ3v) is 7.23. The topological polar surface area (TPSA) is 78.6 Å². The van der Waals surface area contributed by atoms with Crippen LogP contribution in [-0.2, 0) is 11.8 Å². The van der Waals surface area contributed by atoms with Gasteiger partial charge in [0.15, 0.2) is 0 Å². The van der Waals surface area contributed by atoms with Crippen LogP contribution in [0.2, 0.25) is 5.02 Å². The Bertz CT molecular complexity index is 1750. The van der Waals surface area contributed by atoms with E-state index < -0.39 is 11.4 Å². The maximum Gasteiger partial charge on any atom is 0.410 e. The number of carbonyl (C=O) groups is 1. The van der Waals surface area contributed by atoms with E-state index in [0.717, 1.165) is 5.57 Å². The van der Waals surface area contributed by atoms with Crippen molar-refractivity contribution in [3.63, 3.8) is 0 Å². The van der Waals surface area contributed by atoms with E-state index in [2.05, 4.69) is 11.1 Å². The van der Waals surface area contributed by atoms with Gasteiger partial charge >= 0.3 is 11.8 Å². The normalized spacial score (nSPS) is 13.6. The number of rotatable bonds is 5. The highest BCUT2D eigenvalue weighted by molar-refractivity contribution is 6.32. The number of hydrogen-bond acceptors (Lipinski definition) is 5. The van der Waals surface area contributed by atoms with Crippen LogP contribution in [0.15, 0.2) is 71.9 Å². The van der Waals surface area contributed by atoms with Gasteiger partial charge in [0, 0.05) is 43.3 Å². The molecule has 1 aliphatic heterocycles. The number of ether oxygens (including phenoxy) is 2. The summed E-state index contributed by atoms with van der Waals surface area (Å²) in [6, 6.07) is 11.7. The minimum absolute atomic E-state index is 0.231.